The van der Waals surface area contributed by atoms with E-state index >= 15 is 0 Å². The van der Waals surface area contributed by atoms with Gasteiger partial charge in [-0.25, -0.2) is 4.98 Å². The van der Waals surface area contributed by atoms with Crippen molar-refractivity contribution in [3.05, 3.63) is 82.4 Å². The molecule has 4 aromatic rings. The second-order valence-corrected chi connectivity index (χ2v) is 10.0. The molecule has 1 atom stereocenters. The normalized spacial score (nSPS) is 16.7. The third kappa shape index (κ3) is 4.64. The zero-order valence-electron chi connectivity index (χ0n) is 23.2. The first-order chi connectivity index (χ1) is 19.1. The number of fused-ring (bicyclic) bond motifs is 1. The molecule has 206 valence electrons. The van der Waals surface area contributed by atoms with E-state index in [-0.39, 0.29) is 23.4 Å². The Bertz CT molecular complexity index is 1630. The number of methoxy groups -OCH3 is 2. The highest BCUT2D eigenvalue weighted by molar-refractivity contribution is 6.51. The van der Waals surface area contributed by atoms with Crippen LogP contribution in [0.5, 0.6) is 17.2 Å². The van der Waals surface area contributed by atoms with Crippen LogP contribution in [0.1, 0.15) is 42.1 Å². The van der Waals surface area contributed by atoms with Gasteiger partial charge in [0.2, 0.25) is 5.95 Å². The Labute approximate surface area is 232 Å². The molecule has 3 aromatic carbocycles. The Morgan fingerprint density at radius 1 is 0.975 bits per heavy atom. The lowest BCUT2D eigenvalue weighted by Gasteiger charge is -2.23. The van der Waals surface area contributed by atoms with E-state index in [0.717, 1.165) is 11.1 Å². The number of ether oxygens (including phenoxy) is 3. The lowest BCUT2D eigenvalue weighted by molar-refractivity contribution is -0.132. The summed E-state index contributed by atoms with van der Waals surface area (Å²) in [5.41, 5.74) is 3.88. The minimum Gasteiger partial charge on any atom is -0.507 e. The van der Waals surface area contributed by atoms with Crippen molar-refractivity contribution in [2.24, 2.45) is 0 Å². The summed E-state index contributed by atoms with van der Waals surface area (Å²) in [4.78, 5) is 36.2. The predicted octanol–water partition coefficient (Wildman–Crippen LogP) is 5.61. The molecule has 1 unspecified atom stereocenters. The summed E-state index contributed by atoms with van der Waals surface area (Å²) < 4.78 is 16.6. The number of aromatic amines is 1. The molecule has 0 radical (unpaired) electrons. The molecular formula is C31H31N3O6. The number of aliphatic hydroxyl groups is 1. The minimum absolute atomic E-state index is 0.0199. The Morgan fingerprint density at radius 2 is 1.70 bits per heavy atom. The van der Waals surface area contributed by atoms with Crippen LogP contribution in [0.15, 0.2) is 60.2 Å². The molecule has 2 heterocycles. The molecule has 1 fully saturated rings. The molecule has 9 heteroatoms. The Balaban J connectivity index is 1.69. The van der Waals surface area contributed by atoms with Crippen molar-refractivity contribution in [2.75, 3.05) is 19.1 Å². The van der Waals surface area contributed by atoms with Gasteiger partial charge in [0.25, 0.3) is 5.78 Å². The van der Waals surface area contributed by atoms with E-state index in [1.807, 2.05) is 52.0 Å². The van der Waals surface area contributed by atoms with Crippen molar-refractivity contribution in [3.8, 4) is 17.2 Å². The lowest BCUT2D eigenvalue weighted by Crippen LogP contribution is -2.30. The van der Waals surface area contributed by atoms with Crippen LogP contribution in [0.4, 0.5) is 5.95 Å². The van der Waals surface area contributed by atoms with Crippen molar-refractivity contribution in [1.82, 2.24) is 9.97 Å². The van der Waals surface area contributed by atoms with Gasteiger partial charge >= 0.3 is 5.91 Å². The van der Waals surface area contributed by atoms with Crippen LogP contribution in [0.3, 0.4) is 0 Å². The highest BCUT2D eigenvalue weighted by Crippen LogP contribution is 2.43. The fourth-order valence-corrected chi connectivity index (χ4v) is 4.98. The molecule has 40 heavy (non-hydrogen) atoms. The number of hydrogen-bond acceptors (Lipinski definition) is 7. The van der Waals surface area contributed by atoms with Crippen LogP contribution < -0.4 is 19.1 Å². The van der Waals surface area contributed by atoms with Crippen molar-refractivity contribution >= 4 is 34.4 Å². The highest BCUT2D eigenvalue weighted by Gasteiger charge is 2.48. The molecule has 2 N–H and O–H groups in total. The number of ketones is 1. The van der Waals surface area contributed by atoms with E-state index in [9.17, 15) is 14.7 Å². The largest absolute Gasteiger partial charge is 0.507 e. The maximum Gasteiger partial charge on any atom is 0.302 e. The summed E-state index contributed by atoms with van der Waals surface area (Å²) >= 11 is 0. The van der Waals surface area contributed by atoms with Gasteiger partial charge in [0.05, 0.1) is 43.0 Å². The number of carbonyl (C=O) groups is 2. The molecule has 0 aliphatic carbocycles. The number of H-pyrrole nitrogens is 1. The van der Waals surface area contributed by atoms with Gasteiger partial charge in [0.15, 0.2) is 11.5 Å². The SMILES string of the molecule is COc1cc2nc(N3C(=O)C(=O)/C(=C(/O)c4ccc(OC(C)C)c(C)c4)C3c3cccc(C)c3)[nH]c2cc1OC. The molecule has 0 spiro atoms. The highest BCUT2D eigenvalue weighted by atomic mass is 16.5. The predicted molar refractivity (Wildman–Crippen MR) is 152 cm³/mol. The van der Waals surface area contributed by atoms with Crippen LogP contribution in [0.25, 0.3) is 16.8 Å². The first-order valence-electron chi connectivity index (χ1n) is 12.9. The van der Waals surface area contributed by atoms with E-state index in [1.54, 1.807) is 30.3 Å². The molecule has 0 bridgehead atoms. The van der Waals surface area contributed by atoms with E-state index in [4.69, 9.17) is 14.2 Å². The number of aliphatic hydroxyl groups excluding tert-OH is 1. The van der Waals surface area contributed by atoms with Crippen LogP contribution in [-0.4, -0.2) is 47.1 Å². The standard InChI is InChI=1S/C31H31N3O6/c1-16(2)40-23-11-10-20(13-18(23)4)28(35)26-27(19-9-7-8-17(3)12-19)34(30(37)29(26)36)31-32-21-14-24(38-5)25(39-6)15-22(21)33-31/h7-16,27,35H,1-6H3,(H,32,33)/b28-26+. The number of rotatable bonds is 7. The van der Waals surface area contributed by atoms with Gasteiger partial charge in [0.1, 0.15) is 11.5 Å². The van der Waals surface area contributed by atoms with Gasteiger partial charge in [-0.1, -0.05) is 29.8 Å². The quantitative estimate of drug-likeness (QED) is 0.178. The number of nitrogens with one attached hydrogen (secondary N) is 1. The minimum atomic E-state index is -0.920. The maximum atomic E-state index is 13.6. The topological polar surface area (TPSA) is 114 Å². The number of benzene rings is 3. The van der Waals surface area contributed by atoms with Crippen molar-refractivity contribution < 1.29 is 28.9 Å². The summed E-state index contributed by atoms with van der Waals surface area (Å²) in [6.07, 6.45) is -0.0199. The van der Waals surface area contributed by atoms with Gasteiger partial charge < -0.3 is 24.3 Å². The summed E-state index contributed by atoms with van der Waals surface area (Å²) in [5.74, 6) is -0.0770. The number of aromatic nitrogens is 2. The lowest BCUT2D eigenvalue weighted by atomic mass is 9.94. The van der Waals surface area contributed by atoms with E-state index in [1.165, 1.54) is 19.1 Å². The molecular weight excluding hydrogens is 510 g/mol. The molecule has 1 aromatic heterocycles. The molecule has 9 nitrogen and oxygen atoms in total. The Hall–Kier alpha value is -4.79. The second-order valence-electron chi connectivity index (χ2n) is 10.0. The van der Waals surface area contributed by atoms with Crippen LogP contribution >= 0.6 is 0 Å². The van der Waals surface area contributed by atoms with Crippen LogP contribution in [0, 0.1) is 13.8 Å². The fourth-order valence-electron chi connectivity index (χ4n) is 4.98. The van der Waals surface area contributed by atoms with Gasteiger partial charge in [-0.2, -0.15) is 0 Å². The third-order valence-electron chi connectivity index (χ3n) is 6.82. The average molecular weight is 542 g/mol. The van der Waals surface area contributed by atoms with Gasteiger partial charge in [0, 0.05) is 17.7 Å². The van der Waals surface area contributed by atoms with E-state index in [0.29, 0.717) is 39.4 Å². The van der Waals surface area contributed by atoms with Gasteiger partial charge in [-0.15, -0.1) is 0 Å². The molecule has 1 saturated heterocycles. The van der Waals surface area contributed by atoms with Crippen LogP contribution in [0.2, 0.25) is 0 Å². The van der Waals surface area contributed by atoms with Crippen molar-refractivity contribution in [2.45, 2.75) is 39.8 Å². The zero-order valence-corrected chi connectivity index (χ0v) is 23.2. The maximum absolute atomic E-state index is 13.6. The molecule has 1 aliphatic heterocycles. The average Bonchev–Trinajstić information content (AvgIpc) is 3.45. The third-order valence-corrected chi connectivity index (χ3v) is 6.82. The molecule has 1 amide bonds. The molecule has 1 aliphatic rings. The number of amides is 1. The van der Waals surface area contributed by atoms with Gasteiger partial charge in [-0.3, -0.25) is 14.5 Å². The number of aryl methyl sites for hydroxylation is 2. The summed E-state index contributed by atoms with van der Waals surface area (Å²) in [7, 11) is 3.05. The number of imidazole rings is 1. The number of carbonyl (C=O) groups excluding carboxylic acids is 2. The first-order valence-corrected chi connectivity index (χ1v) is 12.9. The number of Topliss-reactive ketones (excluding diaryl/α,β-unsaturated/α-hetero) is 1. The van der Waals surface area contributed by atoms with E-state index in [2.05, 4.69) is 9.97 Å². The fraction of sp³-hybridized carbons (Fsp3) is 0.258. The molecule has 5 rings (SSSR count). The van der Waals surface area contributed by atoms with Crippen LogP contribution in [-0.2, 0) is 9.59 Å². The van der Waals surface area contributed by atoms with Crippen molar-refractivity contribution in [1.29, 1.82) is 0 Å². The first kappa shape index (κ1) is 26.8. The van der Waals surface area contributed by atoms with Crippen molar-refractivity contribution in [3.63, 3.8) is 0 Å². The number of anilines is 1. The zero-order chi connectivity index (χ0) is 28.7. The number of nitrogens with zero attached hydrogens (tertiary/aromatic N) is 2. The Morgan fingerprint density at radius 3 is 2.35 bits per heavy atom. The summed E-state index contributed by atoms with van der Waals surface area (Å²) in [6.45, 7) is 7.65. The summed E-state index contributed by atoms with van der Waals surface area (Å²) in [5, 5.41) is 11.5. The monoisotopic (exact) mass is 541 g/mol. The molecule has 0 saturated carbocycles. The smallest absolute Gasteiger partial charge is 0.302 e. The summed E-state index contributed by atoms with van der Waals surface area (Å²) in [6, 6.07) is 15.1. The number of hydrogen-bond donors (Lipinski definition) is 2. The Kier molecular flexibility index (Phi) is 6.97. The van der Waals surface area contributed by atoms with E-state index < -0.39 is 17.7 Å². The van der Waals surface area contributed by atoms with Gasteiger partial charge in [-0.05, 0) is 57.0 Å². The second kappa shape index (κ2) is 10.4.